The Kier molecular flexibility index (Phi) is 4.84. The Morgan fingerprint density at radius 1 is 1.33 bits per heavy atom. The van der Waals surface area contributed by atoms with Gasteiger partial charge in [-0.15, -0.1) is 11.8 Å². The minimum Gasteiger partial charge on any atom is -0.355 e. The Morgan fingerprint density at radius 3 is 2.78 bits per heavy atom. The molecule has 0 saturated carbocycles. The van der Waals surface area contributed by atoms with Gasteiger partial charge in [0.2, 0.25) is 5.91 Å². The predicted molar refractivity (Wildman–Crippen MR) is 75.4 cm³/mol. The molecule has 3 nitrogen and oxygen atoms in total. The molecular formula is C14H18N2OS. The maximum absolute atomic E-state index is 11.8. The molecule has 1 aromatic rings. The van der Waals surface area contributed by atoms with Crippen molar-refractivity contribution >= 4 is 17.7 Å². The maximum atomic E-state index is 11.8. The number of rotatable bonds is 5. The lowest BCUT2D eigenvalue weighted by Gasteiger charge is -2.10. The second kappa shape index (κ2) is 6.61. The van der Waals surface area contributed by atoms with Gasteiger partial charge in [0, 0.05) is 23.2 Å². The molecule has 0 aromatic heterocycles. The first-order chi connectivity index (χ1) is 8.75. The number of thioether (sulfide) groups is 1. The van der Waals surface area contributed by atoms with Crippen LogP contribution in [0.1, 0.15) is 6.42 Å². The minimum absolute atomic E-state index is 0.0401. The van der Waals surface area contributed by atoms with Gasteiger partial charge >= 0.3 is 0 Å². The number of hydrogen-bond acceptors (Lipinski definition) is 3. The lowest BCUT2D eigenvalue weighted by atomic mass is 10.1. The fraction of sp³-hybridized carbons (Fsp3) is 0.357. The lowest BCUT2D eigenvalue weighted by molar-refractivity contribution is -0.123. The highest BCUT2D eigenvalue weighted by Crippen LogP contribution is 2.17. The van der Waals surface area contributed by atoms with Crippen LogP contribution in [0, 0.1) is 5.92 Å². The molecule has 0 aliphatic heterocycles. The Labute approximate surface area is 112 Å². The van der Waals surface area contributed by atoms with E-state index in [-0.39, 0.29) is 17.9 Å². The Balaban J connectivity index is 1.64. The molecule has 0 fully saturated rings. The van der Waals surface area contributed by atoms with E-state index in [0.29, 0.717) is 6.54 Å². The van der Waals surface area contributed by atoms with Gasteiger partial charge < -0.3 is 11.1 Å². The molecular weight excluding hydrogens is 244 g/mol. The van der Waals surface area contributed by atoms with Crippen molar-refractivity contribution in [1.82, 2.24) is 5.32 Å². The smallest absolute Gasteiger partial charge is 0.227 e. The summed E-state index contributed by atoms with van der Waals surface area (Å²) in [5.41, 5.74) is 5.72. The van der Waals surface area contributed by atoms with Crippen LogP contribution in [0.3, 0.4) is 0 Å². The van der Waals surface area contributed by atoms with Crippen LogP contribution in [0.2, 0.25) is 0 Å². The summed E-state index contributed by atoms with van der Waals surface area (Å²) in [5, 5.41) is 2.95. The van der Waals surface area contributed by atoms with Gasteiger partial charge in [0.25, 0.3) is 0 Å². The van der Waals surface area contributed by atoms with Crippen molar-refractivity contribution in [2.24, 2.45) is 11.7 Å². The van der Waals surface area contributed by atoms with E-state index in [9.17, 15) is 4.79 Å². The number of benzene rings is 1. The first kappa shape index (κ1) is 13.2. The zero-order valence-electron chi connectivity index (χ0n) is 10.2. The van der Waals surface area contributed by atoms with Gasteiger partial charge in [0.05, 0.1) is 5.92 Å². The summed E-state index contributed by atoms with van der Waals surface area (Å²) in [4.78, 5) is 13.0. The number of nitrogens with one attached hydrogen (secondary N) is 1. The van der Waals surface area contributed by atoms with Crippen LogP contribution >= 0.6 is 11.8 Å². The average molecular weight is 262 g/mol. The average Bonchev–Trinajstić information content (AvgIpc) is 2.82. The van der Waals surface area contributed by atoms with Crippen molar-refractivity contribution in [3.8, 4) is 0 Å². The lowest BCUT2D eigenvalue weighted by Crippen LogP contribution is -2.32. The van der Waals surface area contributed by atoms with E-state index < -0.39 is 0 Å². The van der Waals surface area contributed by atoms with Gasteiger partial charge in [-0.05, 0) is 18.6 Å². The van der Waals surface area contributed by atoms with Gasteiger partial charge in [-0.25, -0.2) is 0 Å². The van der Waals surface area contributed by atoms with Crippen molar-refractivity contribution in [3.63, 3.8) is 0 Å². The quantitative estimate of drug-likeness (QED) is 0.483. The molecule has 1 amide bonds. The van der Waals surface area contributed by atoms with E-state index in [4.69, 9.17) is 5.73 Å². The van der Waals surface area contributed by atoms with E-state index in [1.807, 2.05) is 30.4 Å². The normalized spacial score (nSPS) is 22.1. The zero-order valence-corrected chi connectivity index (χ0v) is 11.0. The summed E-state index contributed by atoms with van der Waals surface area (Å²) in [6.07, 6.45) is 4.55. The molecule has 1 aliphatic rings. The number of carbonyl (C=O) groups excluding carboxylic acids is 1. The van der Waals surface area contributed by atoms with E-state index in [1.54, 1.807) is 11.8 Å². The predicted octanol–water partition coefficient (Wildman–Crippen LogP) is 1.80. The highest BCUT2D eigenvalue weighted by Gasteiger charge is 2.21. The summed E-state index contributed by atoms with van der Waals surface area (Å²) in [5.74, 6) is 0.938. The van der Waals surface area contributed by atoms with Crippen molar-refractivity contribution in [2.75, 3.05) is 12.3 Å². The third-order valence-corrected chi connectivity index (χ3v) is 3.88. The highest BCUT2D eigenvalue weighted by atomic mass is 32.2. The Hall–Kier alpha value is -1.26. The molecule has 2 unspecified atom stereocenters. The number of nitrogens with two attached hydrogens (primary N) is 1. The van der Waals surface area contributed by atoms with Crippen molar-refractivity contribution in [2.45, 2.75) is 17.4 Å². The van der Waals surface area contributed by atoms with Gasteiger partial charge in [-0.1, -0.05) is 30.4 Å². The molecule has 18 heavy (non-hydrogen) atoms. The molecule has 3 N–H and O–H groups in total. The van der Waals surface area contributed by atoms with Crippen LogP contribution in [0.5, 0.6) is 0 Å². The van der Waals surface area contributed by atoms with Crippen molar-refractivity contribution in [3.05, 3.63) is 42.5 Å². The molecule has 96 valence electrons. The third-order valence-electron chi connectivity index (χ3n) is 2.87. The summed E-state index contributed by atoms with van der Waals surface area (Å²) in [6, 6.07) is 10.2. The minimum atomic E-state index is -0.0401. The SMILES string of the molecule is NC1C=CC(C(=O)NCCSc2ccccc2)C1. The third kappa shape index (κ3) is 3.89. The van der Waals surface area contributed by atoms with Crippen LogP contribution in [-0.4, -0.2) is 24.2 Å². The molecule has 4 heteroatoms. The van der Waals surface area contributed by atoms with Crippen LogP contribution in [0.15, 0.2) is 47.4 Å². The standard InChI is InChI=1S/C14H18N2OS/c15-12-7-6-11(10-12)14(17)16-8-9-18-13-4-2-1-3-5-13/h1-7,11-12H,8-10,15H2,(H,16,17). The largest absolute Gasteiger partial charge is 0.355 e. The van der Waals surface area contributed by atoms with E-state index in [0.717, 1.165) is 12.2 Å². The van der Waals surface area contributed by atoms with Gasteiger partial charge in [0.1, 0.15) is 0 Å². The number of carbonyl (C=O) groups is 1. The van der Waals surface area contributed by atoms with Gasteiger partial charge in [-0.2, -0.15) is 0 Å². The van der Waals surface area contributed by atoms with Crippen LogP contribution in [0.25, 0.3) is 0 Å². The molecule has 2 rings (SSSR count). The summed E-state index contributed by atoms with van der Waals surface area (Å²) in [7, 11) is 0. The molecule has 0 heterocycles. The van der Waals surface area contributed by atoms with E-state index in [1.165, 1.54) is 4.90 Å². The number of hydrogen-bond donors (Lipinski definition) is 2. The second-order valence-corrected chi connectivity index (χ2v) is 5.51. The van der Waals surface area contributed by atoms with Crippen molar-refractivity contribution < 1.29 is 4.79 Å². The molecule has 1 aliphatic carbocycles. The Morgan fingerprint density at radius 2 is 2.11 bits per heavy atom. The van der Waals surface area contributed by atoms with E-state index in [2.05, 4.69) is 17.4 Å². The molecule has 0 spiro atoms. The first-order valence-corrected chi connectivity index (χ1v) is 7.14. The second-order valence-electron chi connectivity index (χ2n) is 4.34. The topological polar surface area (TPSA) is 55.1 Å². The van der Waals surface area contributed by atoms with Crippen LogP contribution in [0.4, 0.5) is 0 Å². The van der Waals surface area contributed by atoms with Crippen LogP contribution in [-0.2, 0) is 4.79 Å². The fourth-order valence-electron chi connectivity index (χ4n) is 1.91. The molecule has 0 bridgehead atoms. The summed E-state index contributed by atoms with van der Waals surface area (Å²) >= 11 is 1.75. The molecule has 2 atom stereocenters. The van der Waals surface area contributed by atoms with Gasteiger partial charge in [0.15, 0.2) is 0 Å². The van der Waals surface area contributed by atoms with Gasteiger partial charge in [-0.3, -0.25) is 4.79 Å². The van der Waals surface area contributed by atoms with E-state index >= 15 is 0 Å². The Bertz CT molecular complexity index is 419. The molecule has 0 saturated heterocycles. The highest BCUT2D eigenvalue weighted by molar-refractivity contribution is 7.99. The fourth-order valence-corrected chi connectivity index (χ4v) is 2.70. The van der Waals surface area contributed by atoms with Crippen molar-refractivity contribution in [1.29, 1.82) is 0 Å². The molecule has 0 radical (unpaired) electrons. The maximum Gasteiger partial charge on any atom is 0.227 e. The first-order valence-electron chi connectivity index (χ1n) is 6.15. The van der Waals surface area contributed by atoms with Crippen LogP contribution < -0.4 is 11.1 Å². The monoisotopic (exact) mass is 262 g/mol. The zero-order chi connectivity index (χ0) is 12.8. The summed E-state index contributed by atoms with van der Waals surface area (Å²) in [6.45, 7) is 0.692. The number of amides is 1. The molecule has 1 aromatic carbocycles. The summed E-state index contributed by atoms with van der Waals surface area (Å²) < 4.78 is 0.